The van der Waals surface area contributed by atoms with Crippen molar-refractivity contribution in [3.8, 4) is 0 Å². The summed E-state index contributed by atoms with van der Waals surface area (Å²) in [7, 11) is 1.73. The molecule has 1 aromatic heterocycles. The summed E-state index contributed by atoms with van der Waals surface area (Å²) in [5, 5.41) is 7.54. The average Bonchev–Trinajstić information content (AvgIpc) is 2.69. The van der Waals surface area contributed by atoms with E-state index >= 15 is 0 Å². The van der Waals surface area contributed by atoms with Crippen LogP contribution in [0, 0.1) is 0 Å². The number of aromatic nitrogens is 3. The standard InChI is InChI=1S/C10H20N4O/c1-3-11-8-10-12-9-14(13-10)6-4-5-7-15-2/h9,11H,3-8H2,1-2H3. The zero-order valence-electron chi connectivity index (χ0n) is 9.57. The van der Waals surface area contributed by atoms with E-state index in [4.69, 9.17) is 4.74 Å². The lowest BCUT2D eigenvalue weighted by Gasteiger charge is -2.00. The number of rotatable bonds is 8. The molecule has 1 rings (SSSR count). The van der Waals surface area contributed by atoms with Gasteiger partial charge in [0.25, 0.3) is 0 Å². The molecule has 0 aliphatic heterocycles. The van der Waals surface area contributed by atoms with Gasteiger partial charge in [-0.25, -0.2) is 4.98 Å². The van der Waals surface area contributed by atoms with Gasteiger partial charge in [-0.3, -0.25) is 4.68 Å². The minimum Gasteiger partial charge on any atom is -0.385 e. The Morgan fingerprint density at radius 3 is 3.07 bits per heavy atom. The first-order valence-electron chi connectivity index (χ1n) is 5.44. The quantitative estimate of drug-likeness (QED) is 0.648. The highest BCUT2D eigenvalue weighted by Gasteiger charge is 1.99. The number of nitrogens with one attached hydrogen (secondary N) is 1. The Labute approximate surface area is 90.8 Å². The van der Waals surface area contributed by atoms with Crippen molar-refractivity contribution in [2.24, 2.45) is 0 Å². The third kappa shape index (κ3) is 4.90. The van der Waals surface area contributed by atoms with Crippen molar-refractivity contribution in [3.05, 3.63) is 12.2 Å². The van der Waals surface area contributed by atoms with Crippen molar-refractivity contribution >= 4 is 0 Å². The second kappa shape index (κ2) is 7.36. The summed E-state index contributed by atoms with van der Waals surface area (Å²) < 4.78 is 6.87. The summed E-state index contributed by atoms with van der Waals surface area (Å²) in [5.74, 6) is 0.864. The molecule has 5 nitrogen and oxygen atoms in total. The zero-order valence-corrected chi connectivity index (χ0v) is 9.57. The van der Waals surface area contributed by atoms with Gasteiger partial charge in [-0.2, -0.15) is 5.10 Å². The van der Waals surface area contributed by atoms with E-state index in [2.05, 4.69) is 22.3 Å². The van der Waals surface area contributed by atoms with E-state index in [1.165, 1.54) is 0 Å². The average molecular weight is 212 g/mol. The minimum absolute atomic E-state index is 0.752. The molecule has 0 saturated carbocycles. The van der Waals surface area contributed by atoms with E-state index in [9.17, 15) is 0 Å². The Balaban J connectivity index is 2.20. The number of methoxy groups -OCH3 is 1. The number of hydrogen-bond donors (Lipinski definition) is 1. The van der Waals surface area contributed by atoms with Crippen molar-refractivity contribution in [2.45, 2.75) is 32.9 Å². The third-order valence-corrected chi connectivity index (χ3v) is 2.10. The van der Waals surface area contributed by atoms with Crippen LogP contribution in [0.5, 0.6) is 0 Å². The van der Waals surface area contributed by atoms with E-state index < -0.39 is 0 Å². The molecule has 0 aliphatic rings. The van der Waals surface area contributed by atoms with Crippen LogP contribution in [0.15, 0.2) is 6.33 Å². The maximum Gasteiger partial charge on any atom is 0.164 e. The maximum absolute atomic E-state index is 4.98. The highest BCUT2D eigenvalue weighted by Crippen LogP contribution is 1.95. The van der Waals surface area contributed by atoms with Crippen molar-refractivity contribution in [1.29, 1.82) is 0 Å². The van der Waals surface area contributed by atoms with Gasteiger partial charge in [0, 0.05) is 20.3 Å². The van der Waals surface area contributed by atoms with Crippen LogP contribution in [0.3, 0.4) is 0 Å². The van der Waals surface area contributed by atoms with Gasteiger partial charge in [-0.15, -0.1) is 0 Å². The summed E-state index contributed by atoms with van der Waals surface area (Å²) in [5.41, 5.74) is 0. The van der Waals surface area contributed by atoms with Crippen LogP contribution in [-0.4, -0.2) is 35.0 Å². The molecule has 5 heteroatoms. The topological polar surface area (TPSA) is 52.0 Å². The van der Waals surface area contributed by atoms with Gasteiger partial charge in [0.1, 0.15) is 6.33 Å². The molecule has 0 bridgehead atoms. The van der Waals surface area contributed by atoms with Gasteiger partial charge in [0.15, 0.2) is 5.82 Å². The Hall–Kier alpha value is -0.940. The highest BCUT2D eigenvalue weighted by molar-refractivity contribution is 4.80. The predicted molar refractivity (Wildman–Crippen MR) is 58.5 cm³/mol. The smallest absolute Gasteiger partial charge is 0.164 e. The Bertz CT molecular complexity index is 262. The second-order valence-corrected chi connectivity index (χ2v) is 3.40. The summed E-state index contributed by atoms with van der Waals surface area (Å²) in [6.45, 7) is 5.51. The Morgan fingerprint density at radius 1 is 1.47 bits per heavy atom. The van der Waals surface area contributed by atoms with Crippen LogP contribution >= 0.6 is 0 Å². The van der Waals surface area contributed by atoms with E-state index in [1.807, 2.05) is 4.68 Å². The molecule has 86 valence electrons. The molecule has 0 saturated heterocycles. The first-order valence-corrected chi connectivity index (χ1v) is 5.44. The second-order valence-electron chi connectivity index (χ2n) is 3.40. The fraction of sp³-hybridized carbons (Fsp3) is 0.800. The molecule has 0 spiro atoms. The van der Waals surface area contributed by atoms with E-state index in [0.717, 1.165) is 44.9 Å². The lowest BCUT2D eigenvalue weighted by Crippen LogP contribution is -2.13. The van der Waals surface area contributed by atoms with Crippen LogP contribution < -0.4 is 5.32 Å². The summed E-state index contributed by atoms with van der Waals surface area (Å²) in [6, 6.07) is 0. The van der Waals surface area contributed by atoms with Gasteiger partial charge >= 0.3 is 0 Å². The minimum atomic E-state index is 0.752. The number of nitrogens with zero attached hydrogens (tertiary/aromatic N) is 3. The Morgan fingerprint density at radius 2 is 2.33 bits per heavy atom. The van der Waals surface area contributed by atoms with Crippen LogP contribution in [0.2, 0.25) is 0 Å². The molecular weight excluding hydrogens is 192 g/mol. The molecule has 0 aliphatic carbocycles. The maximum atomic E-state index is 4.98. The largest absolute Gasteiger partial charge is 0.385 e. The molecule has 0 amide bonds. The first kappa shape index (κ1) is 12.1. The molecule has 0 radical (unpaired) electrons. The van der Waals surface area contributed by atoms with Crippen LogP contribution in [0.4, 0.5) is 0 Å². The van der Waals surface area contributed by atoms with Crippen molar-refractivity contribution in [3.63, 3.8) is 0 Å². The fourth-order valence-corrected chi connectivity index (χ4v) is 1.28. The summed E-state index contributed by atoms with van der Waals surface area (Å²) in [6.07, 6.45) is 3.94. The first-order chi connectivity index (χ1) is 7.36. The van der Waals surface area contributed by atoms with Gasteiger partial charge < -0.3 is 10.1 Å². The number of unbranched alkanes of at least 4 members (excludes halogenated alkanes) is 1. The summed E-state index contributed by atoms with van der Waals surface area (Å²) >= 11 is 0. The van der Waals surface area contributed by atoms with E-state index in [0.29, 0.717) is 0 Å². The van der Waals surface area contributed by atoms with Crippen molar-refractivity contribution in [1.82, 2.24) is 20.1 Å². The van der Waals surface area contributed by atoms with Crippen molar-refractivity contribution < 1.29 is 4.74 Å². The van der Waals surface area contributed by atoms with Gasteiger partial charge in [-0.1, -0.05) is 6.92 Å². The molecule has 0 aromatic carbocycles. The van der Waals surface area contributed by atoms with Gasteiger partial charge in [0.2, 0.25) is 0 Å². The molecule has 1 heterocycles. The van der Waals surface area contributed by atoms with Crippen LogP contribution in [0.1, 0.15) is 25.6 Å². The lowest BCUT2D eigenvalue weighted by atomic mass is 10.3. The summed E-state index contributed by atoms with van der Waals surface area (Å²) in [4.78, 5) is 4.21. The lowest BCUT2D eigenvalue weighted by molar-refractivity contribution is 0.191. The van der Waals surface area contributed by atoms with Crippen LogP contribution in [-0.2, 0) is 17.8 Å². The molecule has 0 unspecified atom stereocenters. The number of hydrogen-bond acceptors (Lipinski definition) is 4. The monoisotopic (exact) mass is 212 g/mol. The van der Waals surface area contributed by atoms with Crippen molar-refractivity contribution in [2.75, 3.05) is 20.3 Å². The molecular formula is C10H20N4O. The number of ether oxygens (including phenoxy) is 1. The molecule has 0 fully saturated rings. The zero-order chi connectivity index (χ0) is 10.9. The predicted octanol–water partition coefficient (Wildman–Crippen LogP) is 0.814. The SMILES string of the molecule is CCNCc1ncn(CCCCOC)n1. The molecule has 15 heavy (non-hydrogen) atoms. The molecule has 0 atom stereocenters. The van der Waals surface area contributed by atoms with E-state index in [-0.39, 0.29) is 0 Å². The van der Waals surface area contributed by atoms with E-state index in [1.54, 1.807) is 13.4 Å². The van der Waals surface area contributed by atoms with Gasteiger partial charge in [-0.05, 0) is 19.4 Å². The Kier molecular flexibility index (Phi) is 5.96. The molecule has 1 aromatic rings. The number of aryl methyl sites for hydroxylation is 1. The molecule has 1 N–H and O–H groups in total. The fourth-order valence-electron chi connectivity index (χ4n) is 1.28. The van der Waals surface area contributed by atoms with Crippen LogP contribution in [0.25, 0.3) is 0 Å². The third-order valence-electron chi connectivity index (χ3n) is 2.10. The normalized spacial score (nSPS) is 10.8. The van der Waals surface area contributed by atoms with Gasteiger partial charge in [0.05, 0.1) is 6.54 Å². The highest BCUT2D eigenvalue weighted by atomic mass is 16.5.